The average molecular weight is 496 g/mol. The molecule has 1 aromatic heterocycles. The van der Waals surface area contributed by atoms with Crippen LogP contribution in [0.4, 0.5) is 0 Å². The molecule has 0 unspecified atom stereocenters. The van der Waals surface area contributed by atoms with Crippen LogP contribution in [0.1, 0.15) is 32.4 Å². The Hall–Kier alpha value is -4.01. The van der Waals surface area contributed by atoms with E-state index in [1.807, 2.05) is 6.92 Å². The van der Waals surface area contributed by atoms with Crippen LogP contribution in [0.2, 0.25) is 0 Å². The lowest BCUT2D eigenvalue weighted by atomic mass is 9.99. The van der Waals surface area contributed by atoms with E-state index in [1.54, 1.807) is 44.2 Å². The maximum atomic E-state index is 13.3. The molecule has 36 heavy (non-hydrogen) atoms. The van der Waals surface area contributed by atoms with Crippen LogP contribution < -0.4 is 25.0 Å². The van der Waals surface area contributed by atoms with E-state index in [0.29, 0.717) is 64.7 Å². The second kappa shape index (κ2) is 10.7. The quantitative estimate of drug-likeness (QED) is 0.482. The minimum Gasteiger partial charge on any atom is -0.490 e. The van der Waals surface area contributed by atoms with Gasteiger partial charge in [0, 0.05) is 12.5 Å². The Bertz CT molecular complexity index is 1350. The van der Waals surface area contributed by atoms with Crippen molar-refractivity contribution in [2.45, 2.75) is 39.7 Å². The Morgan fingerprint density at radius 3 is 2.58 bits per heavy atom. The number of benzene rings is 2. The lowest BCUT2D eigenvalue weighted by Gasteiger charge is -2.20. The Morgan fingerprint density at radius 2 is 1.86 bits per heavy atom. The molecule has 0 saturated heterocycles. The van der Waals surface area contributed by atoms with Gasteiger partial charge < -0.3 is 29.1 Å². The van der Waals surface area contributed by atoms with E-state index in [2.05, 4.69) is 5.32 Å². The number of carbonyl (C=O) groups is 2. The molecular formula is C27H29NO8. The molecule has 2 heterocycles. The Kier molecular flexibility index (Phi) is 7.47. The van der Waals surface area contributed by atoms with E-state index in [1.165, 1.54) is 6.07 Å². The molecule has 0 saturated carbocycles. The Morgan fingerprint density at radius 1 is 1.11 bits per heavy atom. The number of amides is 1. The molecule has 1 aliphatic rings. The van der Waals surface area contributed by atoms with Gasteiger partial charge in [0.15, 0.2) is 18.1 Å². The Labute approximate surface area is 208 Å². The molecule has 0 fully saturated rings. The minimum atomic E-state index is -1.09. The molecule has 0 spiro atoms. The van der Waals surface area contributed by atoms with Gasteiger partial charge in [0.05, 0.1) is 24.2 Å². The van der Waals surface area contributed by atoms with Crippen molar-refractivity contribution >= 4 is 22.8 Å². The summed E-state index contributed by atoms with van der Waals surface area (Å²) >= 11 is 0. The van der Waals surface area contributed by atoms with Crippen molar-refractivity contribution in [1.29, 1.82) is 0 Å². The summed E-state index contributed by atoms with van der Waals surface area (Å²) in [6.45, 7) is 6.07. The fourth-order valence-electron chi connectivity index (χ4n) is 4.08. The van der Waals surface area contributed by atoms with Crippen LogP contribution in [0.3, 0.4) is 0 Å². The first-order valence-corrected chi connectivity index (χ1v) is 11.9. The molecule has 9 nitrogen and oxygen atoms in total. The summed E-state index contributed by atoms with van der Waals surface area (Å²) in [5, 5.41) is 12.2. The highest BCUT2D eigenvalue weighted by molar-refractivity contribution is 5.86. The fraction of sp³-hybridized carbons (Fsp3) is 0.370. The van der Waals surface area contributed by atoms with Crippen LogP contribution in [0.5, 0.6) is 17.2 Å². The third kappa shape index (κ3) is 5.30. The van der Waals surface area contributed by atoms with Crippen LogP contribution in [-0.2, 0) is 9.59 Å². The second-order valence-electron chi connectivity index (χ2n) is 8.79. The number of hydrogen-bond donors (Lipinski definition) is 2. The van der Waals surface area contributed by atoms with Crippen molar-refractivity contribution in [3.05, 3.63) is 52.4 Å². The number of hydrogen-bond acceptors (Lipinski definition) is 7. The molecule has 9 heteroatoms. The number of aryl methyl sites for hydroxylation is 1. The number of nitrogens with one attached hydrogen (secondary N) is 1. The van der Waals surface area contributed by atoms with Gasteiger partial charge in [-0.3, -0.25) is 9.59 Å². The van der Waals surface area contributed by atoms with Crippen molar-refractivity contribution < 1.29 is 33.3 Å². The number of carboxylic acids is 1. The lowest BCUT2D eigenvalue weighted by molar-refractivity contribution is -0.143. The molecule has 2 N–H and O–H groups in total. The van der Waals surface area contributed by atoms with Crippen molar-refractivity contribution in [2.24, 2.45) is 5.92 Å². The zero-order chi connectivity index (χ0) is 25.8. The first-order valence-electron chi connectivity index (χ1n) is 11.9. The predicted octanol–water partition coefficient (Wildman–Crippen LogP) is 3.92. The lowest BCUT2D eigenvalue weighted by Crippen LogP contribution is -2.46. The molecule has 0 aliphatic carbocycles. The van der Waals surface area contributed by atoms with Crippen LogP contribution in [0.15, 0.2) is 45.6 Å². The number of aliphatic carboxylic acids is 1. The van der Waals surface area contributed by atoms with E-state index in [4.69, 9.17) is 18.6 Å². The van der Waals surface area contributed by atoms with E-state index < -0.39 is 17.9 Å². The third-order valence-electron chi connectivity index (χ3n) is 6.24. The molecule has 0 bridgehead atoms. The number of ether oxygens (including phenoxy) is 3. The van der Waals surface area contributed by atoms with Crippen LogP contribution in [0, 0.1) is 12.8 Å². The average Bonchev–Trinajstić information content (AvgIpc) is 3.10. The van der Waals surface area contributed by atoms with Gasteiger partial charge in [-0.15, -0.1) is 0 Å². The zero-order valence-electron chi connectivity index (χ0n) is 20.5. The van der Waals surface area contributed by atoms with Gasteiger partial charge in [-0.25, -0.2) is 4.79 Å². The largest absolute Gasteiger partial charge is 0.490 e. The van der Waals surface area contributed by atoms with Crippen LogP contribution >= 0.6 is 0 Å². The second-order valence-corrected chi connectivity index (χ2v) is 8.79. The van der Waals surface area contributed by atoms with Crippen molar-refractivity contribution in [2.75, 3.05) is 19.8 Å². The first-order chi connectivity index (χ1) is 17.3. The first kappa shape index (κ1) is 25.1. The molecular weight excluding hydrogens is 466 g/mol. The van der Waals surface area contributed by atoms with E-state index in [0.717, 1.165) is 6.42 Å². The van der Waals surface area contributed by atoms with E-state index in [9.17, 15) is 19.5 Å². The Balaban J connectivity index is 1.54. The van der Waals surface area contributed by atoms with E-state index >= 15 is 0 Å². The van der Waals surface area contributed by atoms with Gasteiger partial charge in [-0.1, -0.05) is 26.3 Å². The molecule has 3 aromatic rings. The normalized spacial score (nSPS) is 14.5. The van der Waals surface area contributed by atoms with E-state index in [-0.39, 0.29) is 18.0 Å². The molecule has 1 aliphatic heterocycles. The monoisotopic (exact) mass is 495 g/mol. The van der Waals surface area contributed by atoms with Crippen molar-refractivity contribution in [1.82, 2.24) is 5.32 Å². The zero-order valence-corrected chi connectivity index (χ0v) is 20.5. The SMILES string of the molecule is CC[C@@H](C)[C@@H](NC(=O)COc1ccc2c(=O)c(-c3ccc4c(c3)OCCCO4)c(C)oc2c1)C(=O)O. The van der Waals surface area contributed by atoms with Gasteiger partial charge in [-0.05, 0) is 42.7 Å². The standard InChI is InChI=1S/C27H29NO8/c1-4-15(2)25(27(31)32)28-23(29)14-35-18-7-8-19-21(13-18)36-16(3)24(26(19)30)17-6-9-20-22(12-17)34-11-5-10-33-20/h6-9,12-13,15,25H,4-5,10-11,14H2,1-3H3,(H,28,29)(H,31,32)/t15-,25-/m1/s1. The van der Waals surface area contributed by atoms with Gasteiger partial charge >= 0.3 is 5.97 Å². The molecule has 4 rings (SSSR count). The summed E-state index contributed by atoms with van der Waals surface area (Å²) in [6, 6.07) is 9.08. The number of rotatable bonds is 8. The summed E-state index contributed by atoms with van der Waals surface area (Å²) in [5.74, 6) is 0.106. The molecule has 2 atom stereocenters. The van der Waals surface area contributed by atoms with Gasteiger partial charge in [0.25, 0.3) is 5.91 Å². The summed E-state index contributed by atoms with van der Waals surface area (Å²) < 4.78 is 22.9. The molecule has 190 valence electrons. The van der Waals surface area contributed by atoms with Gasteiger partial charge in [0.1, 0.15) is 23.1 Å². The third-order valence-corrected chi connectivity index (χ3v) is 6.24. The fourth-order valence-corrected chi connectivity index (χ4v) is 4.08. The number of carbonyl (C=O) groups excluding carboxylic acids is 1. The highest BCUT2D eigenvalue weighted by Crippen LogP contribution is 2.35. The van der Waals surface area contributed by atoms with Crippen molar-refractivity contribution in [3.8, 4) is 28.4 Å². The van der Waals surface area contributed by atoms with Crippen LogP contribution in [0.25, 0.3) is 22.1 Å². The highest BCUT2D eigenvalue weighted by atomic mass is 16.5. The summed E-state index contributed by atoms with van der Waals surface area (Å²) in [7, 11) is 0. The van der Waals surface area contributed by atoms with Gasteiger partial charge in [0.2, 0.25) is 5.43 Å². The molecule has 2 aromatic carbocycles. The number of carboxylic acid groups (broad SMARTS) is 1. The van der Waals surface area contributed by atoms with Gasteiger partial charge in [-0.2, -0.15) is 0 Å². The van der Waals surface area contributed by atoms with Crippen molar-refractivity contribution in [3.63, 3.8) is 0 Å². The highest BCUT2D eigenvalue weighted by Gasteiger charge is 2.25. The molecule has 0 radical (unpaired) electrons. The number of fused-ring (bicyclic) bond motifs is 2. The maximum absolute atomic E-state index is 13.3. The maximum Gasteiger partial charge on any atom is 0.326 e. The topological polar surface area (TPSA) is 124 Å². The summed E-state index contributed by atoms with van der Waals surface area (Å²) in [6.07, 6.45) is 1.39. The minimum absolute atomic E-state index is 0.203. The molecule has 1 amide bonds. The predicted molar refractivity (Wildman–Crippen MR) is 133 cm³/mol. The summed E-state index contributed by atoms with van der Waals surface area (Å²) in [5.41, 5.74) is 1.21. The van der Waals surface area contributed by atoms with Crippen LogP contribution in [-0.4, -0.2) is 42.8 Å². The summed E-state index contributed by atoms with van der Waals surface area (Å²) in [4.78, 5) is 37.0. The smallest absolute Gasteiger partial charge is 0.326 e.